The number of fused-ring (bicyclic) bond motifs is 1. The molecule has 6 heteroatoms. The number of halogens is 2. The zero-order valence-corrected chi connectivity index (χ0v) is 11.9. The summed E-state index contributed by atoms with van der Waals surface area (Å²) in [4.78, 5) is 9.93. The zero-order valence-electron chi connectivity index (χ0n) is 8.74. The first-order valence-corrected chi connectivity index (χ1v) is 7.85. The quantitative estimate of drug-likeness (QED) is 0.735. The Morgan fingerprint density at radius 3 is 2.82 bits per heavy atom. The first-order chi connectivity index (χ1) is 8.24. The van der Waals surface area contributed by atoms with E-state index in [2.05, 4.69) is 9.97 Å². The fourth-order valence-corrected chi connectivity index (χ4v) is 4.04. The van der Waals surface area contributed by atoms with E-state index in [9.17, 15) is 0 Å². The van der Waals surface area contributed by atoms with Gasteiger partial charge in [0.05, 0.1) is 14.9 Å². The molecule has 0 atom stereocenters. The van der Waals surface area contributed by atoms with Crippen LogP contribution < -0.4 is 0 Å². The molecule has 0 fully saturated rings. The Morgan fingerprint density at radius 2 is 2.06 bits per heavy atom. The van der Waals surface area contributed by atoms with Gasteiger partial charge < -0.3 is 0 Å². The summed E-state index contributed by atoms with van der Waals surface area (Å²) in [5.74, 6) is 2.71. The van der Waals surface area contributed by atoms with Crippen molar-refractivity contribution >= 4 is 46.3 Å². The topological polar surface area (TPSA) is 25.8 Å². The highest BCUT2D eigenvalue weighted by atomic mass is 35.5. The van der Waals surface area contributed by atoms with Crippen molar-refractivity contribution in [2.75, 3.05) is 5.75 Å². The van der Waals surface area contributed by atoms with Crippen LogP contribution in [0.3, 0.4) is 0 Å². The summed E-state index contributed by atoms with van der Waals surface area (Å²) in [5.41, 5.74) is 2.18. The smallest absolute Gasteiger partial charge is 0.171 e. The number of hydrogen-bond donors (Lipinski definition) is 0. The van der Waals surface area contributed by atoms with Gasteiger partial charge in [-0.1, -0.05) is 23.2 Å². The zero-order chi connectivity index (χ0) is 11.8. The van der Waals surface area contributed by atoms with Gasteiger partial charge in [0.15, 0.2) is 5.82 Å². The molecule has 2 aromatic rings. The van der Waals surface area contributed by atoms with Crippen molar-refractivity contribution in [2.45, 2.75) is 12.2 Å². The van der Waals surface area contributed by atoms with Gasteiger partial charge in [0, 0.05) is 11.3 Å². The predicted molar refractivity (Wildman–Crippen MR) is 75.2 cm³/mol. The number of aromatic nitrogens is 2. The molecule has 0 aliphatic carbocycles. The van der Waals surface area contributed by atoms with Crippen LogP contribution in [0.5, 0.6) is 0 Å². The van der Waals surface area contributed by atoms with Gasteiger partial charge >= 0.3 is 0 Å². The van der Waals surface area contributed by atoms with Gasteiger partial charge in [0.25, 0.3) is 0 Å². The average molecular weight is 303 g/mol. The molecule has 0 bridgehead atoms. The molecule has 0 radical (unpaired) electrons. The molecule has 0 spiro atoms. The van der Waals surface area contributed by atoms with Gasteiger partial charge in [-0.25, -0.2) is 9.97 Å². The lowest BCUT2D eigenvalue weighted by atomic mass is 10.2. The first kappa shape index (κ1) is 11.8. The molecule has 3 rings (SSSR count). The third-order valence-corrected chi connectivity index (χ3v) is 5.09. The van der Waals surface area contributed by atoms with Crippen LogP contribution in [0.15, 0.2) is 12.1 Å². The number of hydrogen-bond acceptors (Lipinski definition) is 4. The van der Waals surface area contributed by atoms with Crippen molar-refractivity contribution in [1.82, 2.24) is 9.97 Å². The molecule has 2 aromatic heterocycles. The van der Waals surface area contributed by atoms with E-state index in [1.54, 1.807) is 0 Å². The molecule has 0 aromatic carbocycles. The van der Waals surface area contributed by atoms with Gasteiger partial charge in [0.1, 0.15) is 5.15 Å². The number of thiophene rings is 1. The minimum Gasteiger partial charge on any atom is -0.232 e. The molecular weight excluding hydrogens is 295 g/mol. The van der Waals surface area contributed by atoms with E-state index < -0.39 is 0 Å². The SMILES string of the molecule is Clc1ccc(-c2nc(Cl)c3c(n2)CCSC3)s1. The van der Waals surface area contributed by atoms with Gasteiger partial charge in [-0.2, -0.15) is 11.8 Å². The summed E-state index contributed by atoms with van der Waals surface area (Å²) in [7, 11) is 0. The van der Waals surface area contributed by atoms with Crippen molar-refractivity contribution in [3.63, 3.8) is 0 Å². The number of aryl methyl sites for hydroxylation is 1. The van der Waals surface area contributed by atoms with Crippen LogP contribution in [-0.4, -0.2) is 15.7 Å². The van der Waals surface area contributed by atoms with E-state index in [0.29, 0.717) is 11.0 Å². The lowest BCUT2D eigenvalue weighted by Gasteiger charge is -2.15. The Hall–Kier alpha value is -0.290. The van der Waals surface area contributed by atoms with Crippen LogP contribution in [0.2, 0.25) is 9.49 Å². The van der Waals surface area contributed by atoms with Gasteiger partial charge in [0.2, 0.25) is 0 Å². The molecule has 3 heterocycles. The fourth-order valence-electron chi connectivity index (χ4n) is 1.74. The van der Waals surface area contributed by atoms with Crippen LogP contribution in [0.4, 0.5) is 0 Å². The van der Waals surface area contributed by atoms with Crippen molar-refractivity contribution in [1.29, 1.82) is 0 Å². The Bertz CT molecular complexity index is 569. The Kier molecular flexibility index (Phi) is 3.30. The molecule has 2 nitrogen and oxygen atoms in total. The molecule has 17 heavy (non-hydrogen) atoms. The minimum atomic E-state index is 0.585. The summed E-state index contributed by atoms with van der Waals surface area (Å²) < 4.78 is 0.744. The third-order valence-electron chi connectivity index (χ3n) is 2.57. The molecule has 0 saturated heterocycles. The highest BCUT2D eigenvalue weighted by Gasteiger charge is 2.18. The third kappa shape index (κ3) is 2.32. The van der Waals surface area contributed by atoms with E-state index in [0.717, 1.165) is 38.4 Å². The maximum Gasteiger partial charge on any atom is 0.171 e. The van der Waals surface area contributed by atoms with E-state index in [1.807, 2.05) is 23.9 Å². The summed E-state index contributed by atoms with van der Waals surface area (Å²) in [5, 5.41) is 0.585. The summed E-state index contributed by atoms with van der Waals surface area (Å²) in [6.45, 7) is 0. The lowest BCUT2D eigenvalue weighted by Crippen LogP contribution is -2.08. The standard InChI is InChI=1S/C11H8Cl2N2S2/c12-9-2-1-8(17-9)11-14-7-3-4-16-5-6(7)10(13)15-11/h1-2H,3-5H2. The first-order valence-electron chi connectivity index (χ1n) is 5.13. The maximum atomic E-state index is 6.21. The Balaban J connectivity index is 2.10. The van der Waals surface area contributed by atoms with Gasteiger partial charge in [-0.15, -0.1) is 11.3 Å². The maximum absolute atomic E-state index is 6.21. The summed E-state index contributed by atoms with van der Waals surface area (Å²) >= 11 is 15.5. The van der Waals surface area contributed by atoms with E-state index in [-0.39, 0.29) is 0 Å². The number of nitrogens with zero attached hydrogens (tertiary/aromatic N) is 2. The van der Waals surface area contributed by atoms with Crippen LogP contribution in [0.25, 0.3) is 10.7 Å². The van der Waals surface area contributed by atoms with Crippen LogP contribution in [0, 0.1) is 0 Å². The van der Waals surface area contributed by atoms with Crippen molar-refractivity contribution in [2.24, 2.45) is 0 Å². The predicted octanol–water partition coefficient (Wildman–Crippen LogP) is 4.30. The van der Waals surface area contributed by atoms with E-state index in [1.165, 1.54) is 11.3 Å². The van der Waals surface area contributed by atoms with Crippen molar-refractivity contribution in [3.8, 4) is 10.7 Å². The molecule has 0 saturated carbocycles. The van der Waals surface area contributed by atoms with Gasteiger partial charge in [-0.05, 0) is 24.3 Å². The monoisotopic (exact) mass is 302 g/mol. The molecule has 0 unspecified atom stereocenters. The average Bonchev–Trinajstić information content (AvgIpc) is 2.76. The molecule has 1 aliphatic heterocycles. The van der Waals surface area contributed by atoms with E-state index >= 15 is 0 Å². The second kappa shape index (κ2) is 4.76. The van der Waals surface area contributed by atoms with Crippen molar-refractivity contribution in [3.05, 3.63) is 32.9 Å². The van der Waals surface area contributed by atoms with Crippen molar-refractivity contribution < 1.29 is 0 Å². The minimum absolute atomic E-state index is 0.585. The number of rotatable bonds is 1. The largest absolute Gasteiger partial charge is 0.232 e. The summed E-state index contributed by atoms with van der Waals surface area (Å²) in [6, 6.07) is 3.79. The molecular formula is C11H8Cl2N2S2. The highest BCUT2D eigenvalue weighted by molar-refractivity contribution is 7.98. The van der Waals surface area contributed by atoms with Crippen LogP contribution in [0.1, 0.15) is 11.3 Å². The molecule has 0 N–H and O–H groups in total. The van der Waals surface area contributed by atoms with Gasteiger partial charge in [-0.3, -0.25) is 0 Å². The van der Waals surface area contributed by atoms with Crippen LogP contribution in [-0.2, 0) is 12.2 Å². The number of thioether (sulfide) groups is 1. The Labute approximate surface area is 117 Å². The fraction of sp³-hybridized carbons (Fsp3) is 0.273. The molecule has 1 aliphatic rings. The van der Waals surface area contributed by atoms with E-state index in [4.69, 9.17) is 23.2 Å². The molecule has 88 valence electrons. The summed E-state index contributed by atoms with van der Waals surface area (Å²) in [6.07, 6.45) is 0.967. The second-order valence-corrected chi connectivity index (χ2v) is 6.85. The Morgan fingerprint density at radius 1 is 1.18 bits per heavy atom. The highest BCUT2D eigenvalue weighted by Crippen LogP contribution is 2.33. The lowest BCUT2D eigenvalue weighted by molar-refractivity contribution is 0.963. The second-order valence-electron chi connectivity index (χ2n) is 3.67. The van der Waals surface area contributed by atoms with Crippen LogP contribution >= 0.6 is 46.3 Å². The molecule has 0 amide bonds. The normalized spacial score (nSPS) is 14.7.